The summed E-state index contributed by atoms with van der Waals surface area (Å²) in [4.78, 5) is 15.5. The summed E-state index contributed by atoms with van der Waals surface area (Å²) in [6.07, 6.45) is 3.71. The summed E-state index contributed by atoms with van der Waals surface area (Å²) in [5, 5.41) is 5.23. The molecule has 2 atom stereocenters. The SMILES string of the molecule is COc1cccc(NC(=O)C[NH+]2CCc3sccc3[C@H]2C2CC2)c1. The van der Waals surface area contributed by atoms with Gasteiger partial charge in [-0.1, -0.05) is 6.07 Å². The molecule has 1 aliphatic carbocycles. The molecule has 2 heterocycles. The van der Waals surface area contributed by atoms with Crippen molar-refractivity contribution in [2.45, 2.75) is 25.3 Å². The quantitative estimate of drug-likeness (QED) is 0.875. The maximum atomic E-state index is 12.5. The summed E-state index contributed by atoms with van der Waals surface area (Å²) in [7, 11) is 1.64. The van der Waals surface area contributed by atoms with Crippen LogP contribution >= 0.6 is 11.3 Å². The summed E-state index contributed by atoms with van der Waals surface area (Å²) >= 11 is 1.87. The Hall–Kier alpha value is -1.85. The van der Waals surface area contributed by atoms with Gasteiger partial charge in [-0.05, 0) is 36.4 Å². The molecular weight excluding hydrogens is 320 g/mol. The van der Waals surface area contributed by atoms with Gasteiger partial charge in [0, 0.05) is 34.5 Å². The molecule has 1 amide bonds. The Morgan fingerprint density at radius 2 is 2.25 bits per heavy atom. The van der Waals surface area contributed by atoms with Gasteiger partial charge < -0.3 is 15.0 Å². The van der Waals surface area contributed by atoms with Crippen LogP contribution in [0.1, 0.15) is 29.3 Å². The number of ether oxygens (including phenoxy) is 1. The number of nitrogens with one attached hydrogen (secondary N) is 2. The molecule has 1 aromatic heterocycles. The van der Waals surface area contributed by atoms with Crippen LogP contribution in [0.5, 0.6) is 5.75 Å². The van der Waals surface area contributed by atoms with Gasteiger partial charge in [-0.15, -0.1) is 11.3 Å². The third-order valence-electron chi connectivity index (χ3n) is 5.06. The molecule has 4 rings (SSSR count). The average Bonchev–Trinajstić information content (AvgIpc) is 3.31. The molecule has 24 heavy (non-hydrogen) atoms. The normalized spacial score (nSPS) is 22.7. The van der Waals surface area contributed by atoms with E-state index in [0.717, 1.165) is 30.3 Å². The van der Waals surface area contributed by atoms with Crippen LogP contribution in [0.2, 0.25) is 0 Å². The smallest absolute Gasteiger partial charge is 0.279 e. The molecule has 0 spiro atoms. The number of quaternary nitrogens is 1. The number of carbonyl (C=O) groups is 1. The molecule has 1 aromatic carbocycles. The average molecular weight is 343 g/mol. The van der Waals surface area contributed by atoms with Gasteiger partial charge in [0.05, 0.1) is 13.7 Å². The van der Waals surface area contributed by atoms with Crippen molar-refractivity contribution >= 4 is 22.9 Å². The fourth-order valence-electron chi connectivity index (χ4n) is 3.81. The number of rotatable bonds is 5. The van der Waals surface area contributed by atoms with Gasteiger partial charge in [0.15, 0.2) is 6.54 Å². The molecule has 126 valence electrons. The predicted molar refractivity (Wildman–Crippen MR) is 95.8 cm³/mol. The van der Waals surface area contributed by atoms with Gasteiger partial charge in [0.1, 0.15) is 11.8 Å². The Bertz CT molecular complexity index is 738. The second-order valence-electron chi connectivity index (χ2n) is 6.73. The summed E-state index contributed by atoms with van der Waals surface area (Å²) in [5.41, 5.74) is 2.30. The Balaban J connectivity index is 1.45. The summed E-state index contributed by atoms with van der Waals surface area (Å²) in [5.74, 6) is 1.61. The highest BCUT2D eigenvalue weighted by Gasteiger charge is 2.43. The van der Waals surface area contributed by atoms with Crippen LogP contribution in [0.4, 0.5) is 5.69 Å². The molecule has 0 bridgehead atoms. The monoisotopic (exact) mass is 343 g/mol. The van der Waals surface area contributed by atoms with Crippen molar-refractivity contribution in [3.63, 3.8) is 0 Å². The van der Waals surface area contributed by atoms with Crippen LogP contribution in [-0.4, -0.2) is 26.1 Å². The molecule has 1 unspecified atom stereocenters. The number of benzene rings is 1. The van der Waals surface area contributed by atoms with Crippen molar-refractivity contribution in [2.24, 2.45) is 5.92 Å². The minimum absolute atomic E-state index is 0.0857. The zero-order chi connectivity index (χ0) is 16.5. The lowest BCUT2D eigenvalue weighted by Gasteiger charge is -2.32. The van der Waals surface area contributed by atoms with Crippen LogP contribution in [0.3, 0.4) is 0 Å². The van der Waals surface area contributed by atoms with Crippen molar-refractivity contribution in [3.8, 4) is 5.75 Å². The predicted octanol–water partition coefficient (Wildman–Crippen LogP) is 2.29. The maximum Gasteiger partial charge on any atom is 0.279 e. The Morgan fingerprint density at radius 3 is 3.04 bits per heavy atom. The summed E-state index contributed by atoms with van der Waals surface area (Å²) in [6.45, 7) is 1.59. The van der Waals surface area contributed by atoms with E-state index in [1.807, 2.05) is 35.6 Å². The van der Waals surface area contributed by atoms with Gasteiger partial charge in [-0.25, -0.2) is 0 Å². The Kier molecular flexibility index (Phi) is 4.29. The standard InChI is InChI=1S/C19H22N2O2S/c1-23-15-4-2-3-14(11-15)20-18(22)12-21-9-7-17-16(8-10-24-17)19(21)13-5-6-13/h2-4,8,10-11,13,19H,5-7,9,12H2,1H3,(H,20,22)/p+1/t19-/m1/s1. The van der Waals surface area contributed by atoms with Crippen LogP contribution in [0, 0.1) is 5.92 Å². The lowest BCUT2D eigenvalue weighted by molar-refractivity contribution is -0.928. The first-order valence-corrected chi connectivity index (χ1v) is 9.47. The molecule has 5 heteroatoms. The Morgan fingerprint density at radius 1 is 1.38 bits per heavy atom. The number of thiophene rings is 1. The highest BCUT2D eigenvalue weighted by molar-refractivity contribution is 7.10. The lowest BCUT2D eigenvalue weighted by atomic mass is 9.96. The van der Waals surface area contributed by atoms with E-state index in [1.54, 1.807) is 7.11 Å². The van der Waals surface area contributed by atoms with E-state index in [2.05, 4.69) is 16.8 Å². The van der Waals surface area contributed by atoms with Crippen LogP contribution in [0.25, 0.3) is 0 Å². The van der Waals surface area contributed by atoms with E-state index < -0.39 is 0 Å². The van der Waals surface area contributed by atoms with E-state index in [9.17, 15) is 4.79 Å². The topological polar surface area (TPSA) is 42.8 Å². The minimum atomic E-state index is 0.0857. The van der Waals surface area contributed by atoms with Gasteiger partial charge in [0.2, 0.25) is 0 Å². The number of hydrogen-bond acceptors (Lipinski definition) is 3. The number of methoxy groups -OCH3 is 1. The highest BCUT2D eigenvalue weighted by Crippen LogP contribution is 2.42. The molecule has 4 nitrogen and oxygen atoms in total. The molecule has 0 saturated heterocycles. The van der Waals surface area contributed by atoms with Crippen LogP contribution in [-0.2, 0) is 11.2 Å². The number of anilines is 1. The molecule has 1 saturated carbocycles. The number of carbonyl (C=O) groups excluding carboxylic acids is 1. The first kappa shape index (κ1) is 15.7. The third kappa shape index (κ3) is 3.19. The van der Waals surface area contributed by atoms with E-state index in [0.29, 0.717) is 12.6 Å². The van der Waals surface area contributed by atoms with Crippen molar-refractivity contribution in [1.82, 2.24) is 0 Å². The van der Waals surface area contributed by atoms with E-state index in [-0.39, 0.29) is 5.91 Å². The second-order valence-corrected chi connectivity index (χ2v) is 7.73. The minimum Gasteiger partial charge on any atom is -0.497 e. The third-order valence-corrected chi connectivity index (χ3v) is 6.06. The zero-order valence-electron chi connectivity index (χ0n) is 13.9. The van der Waals surface area contributed by atoms with Crippen LogP contribution < -0.4 is 15.0 Å². The molecule has 1 aliphatic heterocycles. The number of fused-ring (bicyclic) bond motifs is 1. The molecule has 0 radical (unpaired) electrons. The fourth-order valence-corrected chi connectivity index (χ4v) is 4.74. The van der Waals surface area contributed by atoms with E-state index >= 15 is 0 Å². The van der Waals surface area contributed by atoms with Gasteiger partial charge in [-0.3, -0.25) is 4.79 Å². The second kappa shape index (κ2) is 6.57. The molecule has 2 N–H and O–H groups in total. The van der Waals surface area contributed by atoms with Crippen molar-refractivity contribution in [2.75, 3.05) is 25.5 Å². The van der Waals surface area contributed by atoms with Crippen LogP contribution in [0.15, 0.2) is 35.7 Å². The fraction of sp³-hybridized carbons (Fsp3) is 0.421. The molecule has 1 fully saturated rings. The summed E-state index contributed by atoms with van der Waals surface area (Å²) in [6, 6.07) is 10.3. The number of amides is 1. The summed E-state index contributed by atoms with van der Waals surface area (Å²) < 4.78 is 5.22. The highest BCUT2D eigenvalue weighted by atomic mass is 32.1. The molecule has 2 aromatic rings. The zero-order valence-corrected chi connectivity index (χ0v) is 14.7. The van der Waals surface area contributed by atoms with E-state index in [1.165, 1.54) is 28.2 Å². The molecule has 2 aliphatic rings. The Labute approximate surface area is 146 Å². The first-order chi connectivity index (χ1) is 11.7. The number of hydrogen-bond donors (Lipinski definition) is 2. The van der Waals surface area contributed by atoms with Gasteiger partial charge >= 0.3 is 0 Å². The lowest BCUT2D eigenvalue weighted by Crippen LogP contribution is -3.14. The van der Waals surface area contributed by atoms with Crippen molar-refractivity contribution in [1.29, 1.82) is 0 Å². The van der Waals surface area contributed by atoms with E-state index in [4.69, 9.17) is 4.74 Å². The van der Waals surface area contributed by atoms with Crippen molar-refractivity contribution < 1.29 is 14.4 Å². The van der Waals surface area contributed by atoms with Crippen molar-refractivity contribution in [3.05, 3.63) is 46.2 Å². The van der Waals surface area contributed by atoms with Gasteiger partial charge in [0.25, 0.3) is 5.91 Å². The molecular formula is C19H23N2O2S+. The first-order valence-electron chi connectivity index (χ1n) is 8.59. The maximum absolute atomic E-state index is 12.5. The van der Waals surface area contributed by atoms with Gasteiger partial charge in [-0.2, -0.15) is 0 Å². The largest absolute Gasteiger partial charge is 0.497 e.